The molecule has 17 heteroatoms. The fraction of sp³-hybridized carbons (Fsp3) is 0.469. The minimum absolute atomic E-state index is 0.0808. The second-order valence-electron chi connectivity index (χ2n) is 11.6. The summed E-state index contributed by atoms with van der Waals surface area (Å²) in [5.74, 6) is -2.64. The lowest BCUT2D eigenvalue weighted by atomic mass is 9.99. The SMILES string of the molecule is C[C@@H](O)[C@H](NN[C@@H](CCCNC(N)N)C(=O)C(=O)Cc1ccccc1)C(=O)N[C@@H](CCCNC(N)N)C(=O)NCc1ccc(C(=N)N)cc1. The van der Waals surface area contributed by atoms with Gasteiger partial charge >= 0.3 is 0 Å². The van der Waals surface area contributed by atoms with Crippen LogP contribution in [0.4, 0.5) is 0 Å². The summed E-state index contributed by atoms with van der Waals surface area (Å²) in [5, 5.41) is 29.2. The van der Waals surface area contributed by atoms with Crippen LogP contribution >= 0.6 is 0 Å². The Balaban J connectivity index is 2.13. The lowest BCUT2D eigenvalue weighted by Gasteiger charge is -2.27. The van der Waals surface area contributed by atoms with Crippen LogP contribution in [0.3, 0.4) is 0 Å². The zero-order valence-corrected chi connectivity index (χ0v) is 27.8. The number of nitrogens with one attached hydrogen (secondary N) is 7. The molecule has 0 saturated carbocycles. The van der Waals surface area contributed by atoms with Crippen molar-refractivity contribution in [2.45, 2.75) is 82.4 Å². The summed E-state index contributed by atoms with van der Waals surface area (Å²) in [6.45, 7) is 2.24. The molecule has 2 amide bonds. The van der Waals surface area contributed by atoms with Crippen molar-refractivity contribution in [3.63, 3.8) is 0 Å². The Bertz CT molecular complexity index is 1340. The number of hydrogen-bond donors (Lipinski definition) is 13. The van der Waals surface area contributed by atoms with Gasteiger partial charge in [-0.1, -0.05) is 54.6 Å². The molecule has 0 heterocycles. The van der Waals surface area contributed by atoms with Crippen LogP contribution in [0.1, 0.15) is 49.3 Å². The summed E-state index contributed by atoms with van der Waals surface area (Å²) in [6, 6.07) is 12.2. The first-order chi connectivity index (χ1) is 23.3. The van der Waals surface area contributed by atoms with E-state index in [2.05, 4.69) is 32.1 Å². The van der Waals surface area contributed by atoms with Crippen molar-refractivity contribution in [2.24, 2.45) is 28.7 Å². The zero-order valence-electron chi connectivity index (χ0n) is 27.8. The van der Waals surface area contributed by atoms with E-state index in [4.69, 9.17) is 34.1 Å². The number of hydrogen-bond acceptors (Lipinski definition) is 14. The van der Waals surface area contributed by atoms with Crippen LogP contribution in [0, 0.1) is 5.41 Å². The number of nitrogens with two attached hydrogens (primary N) is 5. The molecule has 0 radical (unpaired) electrons. The second kappa shape index (κ2) is 21.7. The smallest absolute Gasteiger partial charge is 0.242 e. The van der Waals surface area contributed by atoms with Crippen LogP contribution in [0.2, 0.25) is 0 Å². The molecule has 0 spiro atoms. The van der Waals surface area contributed by atoms with Crippen LogP contribution in [-0.2, 0) is 32.1 Å². The van der Waals surface area contributed by atoms with Crippen molar-refractivity contribution in [1.82, 2.24) is 32.1 Å². The van der Waals surface area contributed by atoms with Crippen molar-refractivity contribution < 1.29 is 24.3 Å². The highest BCUT2D eigenvalue weighted by Crippen LogP contribution is 2.08. The molecule has 18 N–H and O–H groups in total. The molecular weight excluding hydrogens is 632 g/mol. The van der Waals surface area contributed by atoms with E-state index in [9.17, 15) is 24.3 Å². The van der Waals surface area contributed by atoms with Crippen LogP contribution in [0.25, 0.3) is 0 Å². The molecular formula is C32H52N12O5. The Labute approximate surface area is 286 Å². The Morgan fingerprint density at radius 2 is 1.35 bits per heavy atom. The molecule has 2 aromatic rings. The minimum atomic E-state index is -1.32. The monoisotopic (exact) mass is 684 g/mol. The maximum atomic E-state index is 13.5. The summed E-state index contributed by atoms with van der Waals surface area (Å²) in [4.78, 5) is 52.9. The molecule has 4 atom stereocenters. The lowest BCUT2D eigenvalue weighted by molar-refractivity contribution is -0.138. The van der Waals surface area contributed by atoms with Gasteiger partial charge in [0.2, 0.25) is 23.4 Å². The van der Waals surface area contributed by atoms with E-state index >= 15 is 0 Å². The largest absolute Gasteiger partial charge is 0.391 e. The fourth-order valence-electron chi connectivity index (χ4n) is 4.72. The number of hydrazine groups is 1. The van der Waals surface area contributed by atoms with Crippen LogP contribution < -0.4 is 60.8 Å². The van der Waals surface area contributed by atoms with Crippen LogP contribution in [0.5, 0.6) is 0 Å². The summed E-state index contributed by atoms with van der Waals surface area (Å²) in [7, 11) is 0. The molecule has 0 aliphatic heterocycles. The van der Waals surface area contributed by atoms with E-state index in [1.807, 2.05) is 0 Å². The number of amides is 2. The molecule has 0 saturated heterocycles. The number of Topliss-reactive ketones (excluding diaryl/α,β-unsaturated/α-hetero) is 2. The lowest BCUT2D eigenvalue weighted by Crippen LogP contribution is -2.61. The summed E-state index contributed by atoms with van der Waals surface area (Å²) in [6.07, 6.45) is -1.70. The highest BCUT2D eigenvalue weighted by atomic mass is 16.3. The third-order valence-electron chi connectivity index (χ3n) is 7.44. The number of benzene rings is 2. The Kier molecular flexibility index (Phi) is 18.2. The number of ketones is 2. The predicted molar refractivity (Wildman–Crippen MR) is 186 cm³/mol. The maximum Gasteiger partial charge on any atom is 0.242 e. The van der Waals surface area contributed by atoms with E-state index in [0.29, 0.717) is 37.1 Å². The average molecular weight is 685 g/mol. The van der Waals surface area contributed by atoms with Gasteiger partial charge in [0.15, 0.2) is 0 Å². The van der Waals surface area contributed by atoms with Crippen LogP contribution in [0.15, 0.2) is 54.6 Å². The molecule has 2 aromatic carbocycles. The molecule has 0 aliphatic carbocycles. The molecule has 0 aliphatic rings. The maximum absolute atomic E-state index is 13.5. The van der Waals surface area contributed by atoms with E-state index < -0.39 is 60.2 Å². The van der Waals surface area contributed by atoms with E-state index in [0.717, 1.165) is 5.56 Å². The predicted octanol–water partition coefficient (Wildman–Crippen LogP) is -3.19. The number of carbonyl (C=O) groups excluding carboxylic acids is 4. The van der Waals surface area contributed by atoms with Gasteiger partial charge in [0.25, 0.3) is 0 Å². The van der Waals surface area contributed by atoms with E-state index in [1.165, 1.54) is 6.92 Å². The van der Waals surface area contributed by atoms with Crippen molar-refractivity contribution >= 4 is 29.2 Å². The van der Waals surface area contributed by atoms with Crippen molar-refractivity contribution in [1.29, 1.82) is 5.41 Å². The van der Waals surface area contributed by atoms with Gasteiger partial charge in [0.05, 0.1) is 12.1 Å². The number of aliphatic hydroxyl groups is 1. The first-order valence-corrected chi connectivity index (χ1v) is 16.1. The van der Waals surface area contributed by atoms with Crippen molar-refractivity contribution in [3.05, 3.63) is 71.3 Å². The van der Waals surface area contributed by atoms with Crippen LogP contribution in [-0.4, -0.2) is 84.2 Å². The summed E-state index contributed by atoms with van der Waals surface area (Å²) >= 11 is 0. The van der Waals surface area contributed by atoms with Gasteiger partial charge in [-0.3, -0.25) is 35.2 Å². The van der Waals surface area contributed by atoms with E-state index in [-0.39, 0.29) is 31.6 Å². The molecule has 0 unspecified atom stereocenters. The number of rotatable bonds is 24. The molecule has 0 fully saturated rings. The van der Waals surface area contributed by atoms with Crippen molar-refractivity contribution in [2.75, 3.05) is 13.1 Å². The number of amidine groups is 1. The standard InChI is InChI=1S/C32H52N12O5/c1-19(45)26(44-43-23(9-5-15-39-31(35)36)27(47)25(46)17-20-7-3-2-4-8-20)30(49)42-24(10-6-16-40-32(37)38)29(48)41-18-21-11-13-22(14-12-21)28(33)34/h2-4,7-8,11-14,19,23-24,26,31-32,39-40,43-45H,5-6,9-10,15-18,35-38H2,1H3,(H3,33,34)(H,41,48)(H,42,49)/t19-,23+,24+,26+/m1/s1. The summed E-state index contributed by atoms with van der Waals surface area (Å²) < 4.78 is 0. The highest BCUT2D eigenvalue weighted by Gasteiger charge is 2.31. The molecule has 0 bridgehead atoms. The second-order valence-corrected chi connectivity index (χ2v) is 11.6. The highest BCUT2D eigenvalue weighted by molar-refractivity contribution is 6.39. The number of carbonyl (C=O) groups is 4. The number of aliphatic hydroxyl groups excluding tert-OH is 1. The van der Waals surface area contributed by atoms with Gasteiger partial charge in [-0.15, -0.1) is 0 Å². The van der Waals surface area contributed by atoms with Gasteiger partial charge in [-0.05, 0) is 56.8 Å². The normalized spacial score (nSPS) is 13.8. The molecule has 49 heavy (non-hydrogen) atoms. The van der Waals surface area contributed by atoms with Crippen molar-refractivity contribution in [3.8, 4) is 0 Å². The Morgan fingerprint density at radius 3 is 1.88 bits per heavy atom. The van der Waals surface area contributed by atoms with E-state index in [1.54, 1.807) is 54.6 Å². The molecule has 270 valence electrons. The molecule has 17 nitrogen and oxygen atoms in total. The fourth-order valence-corrected chi connectivity index (χ4v) is 4.72. The summed E-state index contributed by atoms with van der Waals surface area (Å²) in [5.41, 5.74) is 35.1. The molecule has 2 rings (SSSR count). The Hall–Kier alpha value is -4.17. The van der Waals surface area contributed by atoms with Gasteiger partial charge in [-0.25, -0.2) is 10.9 Å². The topological polar surface area (TPSA) is 315 Å². The third-order valence-corrected chi connectivity index (χ3v) is 7.44. The quantitative estimate of drug-likeness (QED) is 0.0129. The third kappa shape index (κ3) is 15.7. The van der Waals surface area contributed by atoms with Gasteiger partial charge in [-0.2, -0.15) is 0 Å². The van der Waals surface area contributed by atoms with Gasteiger partial charge in [0, 0.05) is 18.5 Å². The van der Waals surface area contributed by atoms with Gasteiger partial charge in [0.1, 0.15) is 30.5 Å². The number of nitrogen functional groups attached to an aromatic ring is 1. The zero-order chi connectivity index (χ0) is 36.3. The first-order valence-electron chi connectivity index (χ1n) is 16.1. The minimum Gasteiger partial charge on any atom is -0.391 e. The molecule has 0 aromatic heterocycles. The average Bonchev–Trinajstić information content (AvgIpc) is 3.05. The van der Waals surface area contributed by atoms with Gasteiger partial charge < -0.3 is 44.4 Å². The first kappa shape index (κ1) is 41.0. The Morgan fingerprint density at radius 1 is 0.776 bits per heavy atom.